The zero-order valence-corrected chi connectivity index (χ0v) is 12.2. The fourth-order valence-electron chi connectivity index (χ4n) is 2.15. The van der Waals surface area contributed by atoms with Crippen molar-refractivity contribution in [1.29, 1.82) is 0 Å². The minimum atomic E-state index is -0.886. The highest BCUT2D eigenvalue weighted by Gasteiger charge is 2.22. The number of nitrogens with zero attached hydrogens (tertiary/aromatic N) is 2. The molecule has 0 spiro atoms. The maximum Gasteiger partial charge on any atom is 0.190 e. The molecule has 0 unspecified atom stereocenters. The van der Waals surface area contributed by atoms with Gasteiger partial charge >= 0.3 is 0 Å². The van der Waals surface area contributed by atoms with Crippen molar-refractivity contribution >= 4 is 9.12 Å². The van der Waals surface area contributed by atoms with Crippen LogP contribution < -0.4 is 0 Å². The van der Waals surface area contributed by atoms with Crippen LogP contribution in [0.5, 0.6) is 0 Å². The molecule has 90 valence electrons. The first-order chi connectivity index (χ1) is 7.24. The van der Waals surface area contributed by atoms with E-state index in [0.29, 0.717) is 0 Å². The molecule has 0 amide bonds. The molecule has 0 aliphatic rings. The van der Waals surface area contributed by atoms with Crippen LogP contribution in [0.15, 0.2) is 12.7 Å². The third-order valence-corrected chi connectivity index (χ3v) is 7.09. The zero-order chi connectivity index (χ0) is 11.7. The fraction of sp³-hybridized carbons (Fsp3) is 0.833. The molecule has 0 aromatic rings. The van der Waals surface area contributed by atoms with E-state index in [1.165, 1.54) is 38.6 Å². The zero-order valence-electron chi connectivity index (χ0n) is 11.0. The summed E-state index contributed by atoms with van der Waals surface area (Å²) in [7, 11) is -0.886. The minimum Gasteiger partial charge on any atom is -0.315 e. The van der Waals surface area contributed by atoms with Crippen molar-refractivity contribution in [3.05, 3.63) is 12.7 Å². The molecule has 0 aliphatic carbocycles. The SMILES string of the molecule is C=CCC[SiH](N(CC)CC)N(CC)CC. The second kappa shape index (κ2) is 9.13. The Labute approximate surface area is 97.7 Å². The van der Waals surface area contributed by atoms with E-state index in [0.717, 1.165) is 0 Å². The van der Waals surface area contributed by atoms with E-state index in [-0.39, 0.29) is 0 Å². The second-order valence-corrected chi connectivity index (χ2v) is 6.79. The molecule has 0 saturated heterocycles. The molecule has 0 atom stereocenters. The van der Waals surface area contributed by atoms with E-state index in [9.17, 15) is 0 Å². The predicted molar refractivity (Wildman–Crippen MR) is 72.6 cm³/mol. The van der Waals surface area contributed by atoms with Crippen LogP contribution in [-0.2, 0) is 0 Å². The Morgan fingerprint density at radius 1 is 0.933 bits per heavy atom. The van der Waals surface area contributed by atoms with E-state index in [4.69, 9.17) is 0 Å². The van der Waals surface area contributed by atoms with Crippen LogP contribution in [-0.4, -0.2) is 44.4 Å². The summed E-state index contributed by atoms with van der Waals surface area (Å²) in [5.74, 6) is 0. The fourth-order valence-corrected chi connectivity index (χ4v) is 5.57. The first-order valence-corrected chi connectivity index (χ1v) is 8.18. The Bertz CT molecular complexity index is 142. The van der Waals surface area contributed by atoms with Gasteiger partial charge < -0.3 is 9.13 Å². The molecule has 3 heteroatoms. The molecule has 15 heavy (non-hydrogen) atoms. The molecular formula is C12H28N2Si. The van der Waals surface area contributed by atoms with E-state index in [2.05, 4.69) is 49.5 Å². The van der Waals surface area contributed by atoms with Crippen molar-refractivity contribution in [3.8, 4) is 0 Å². The Kier molecular flexibility index (Phi) is 9.05. The maximum absolute atomic E-state index is 3.84. The molecule has 0 fully saturated rings. The normalized spacial score (nSPS) is 11.7. The molecule has 0 aliphatic heterocycles. The predicted octanol–water partition coefficient (Wildman–Crippen LogP) is 2.47. The summed E-state index contributed by atoms with van der Waals surface area (Å²) in [6.45, 7) is 17.7. The van der Waals surface area contributed by atoms with E-state index in [1.807, 2.05) is 0 Å². The molecule has 0 saturated carbocycles. The summed E-state index contributed by atoms with van der Waals surface area (Å²) in [5, 5.41) is 0. The molecule has 2 nitrogen and oxygen atoms in total. The molecule has 0 bridgehead atoms. The van der Waals surface area contributed by atoms with E-state index >= 15 is 0 Å². The average molecular weight is 228 g/mol. The highest BCUT2D eigenvalue weighted by Crippen LogP contribution is 2.09. The van der Waals surface area contributed by atoms with Crippen LogP contribution in [0.25, 0.3) is 0 Å². The lowest BCUT2D eigenvalue weighted by molar-refractivity contribution is 0.376. The summed E-state index contributed by atoms with van der Waals surface area (Å²) in [5.41, 5.74) is 0. The van der Waals surface area contributed by atoms with Gasteiger partial charge in [0.05, 0.1) is 0 Å². The van der Waals surface area contributed by atoms with E-state index in [1.54, 1.807) is 0 Å². The molecule has 0 aromatic heterocycles. The third-order valence-electron chi connectivity index (χ3n) is 3.10. The highest BCUT2D eigenvalue weighted by atomic mass is 28.3. The van der Waals surface area contributed by atoms with Crippen LogP contribution in [0.3, 0.4) is 0 Å². The van der Waals surface area contributed by atoms with Gasteiger partial charge in [-0.15, -0.1) is 6.58 Å². The highest BCUT2D eigenvalue weighted by molar-refractivity contribution is 6.52. The first kappa shape index (κ1) is 14.9. The molecule has 0 heterocycles. The van der Waals surface area contributed by atoms with Gasteiger partial charge in [-0.05, 0) is 38.6 Å². The third kappa shape index (κ3) is 4.95. The van der Waals surface area contributed by atoms with Crippen LogP contribution in [0.2, 0.25) is 6.04 Å². The van der Waals surface area contributed by atoms with Gasteiger partial charge in [-0.1, -0.05) is 33.8 Å². The summed E-state index contributed by atoms with van der Waals surface area (Å²) in [4.78, 5) is 0. The summed E-state index contributed by atoms with van der Waals surface area (Å²) >= 11 is 0. The molecule has 0 radical (unpaired) electrons. The second-order valence-electron chi connectivity index (χ2n) is 3.79. The van der Waals surface area contributed by atoms with Crippen molar-refractivity contribution in [1.82, 2.24) is 9.13 Å². The van der Waals surface area contributed by atoms with Crippen LogP contribution in [0.1, 0.15) is 34.1 Å². The molecular weight excluding hydrogens is 200 g/mol. The Balaban J connectivity index is 4.44. The van der Waals surface area contributed by atoms with Crippen molar-refractivity contribution in [3.63, 3.8) is 0 Å². The monoisotopic (exact) mass is 228 g/mol. The van der Waals surface area contributed by atoms with Gasteiger partial charge in [0, 0.05) is 0 Å². The van der Waals surface area contributed by atoms with Gasteiger partial charge in [0.25, 0.3) is 0 Å². The Morgan fingerprint density at radius 3 is 1.60 bits per heavy atom. The maximum atomic E-state index is 3.84. The van der Waals surface area contributed by atoms with Gasteiger partial charge in [0.1, 0.15) is 0 Å². The molecule has 0 rings (SSSR count). The van der Waals surface area contributed by atoms with Gasteiger partial charge in [-0.25, -0.2) is 0 Å². The van der Waals surface area contributed by atoms with Crippen LogP contribution in [0, 0.1) is 0 Å². The lowest BCUT2D eigenvalue weighted by Crippen LogP contribution is -2.52. The van der Waals surface area contributed by atoms with Gasteiger partial charge in [-0.2, -0.15) is 0 Å². The quantitative estimate of drug-likeness (QED) is 0.442. The average Bonchev–Trinajstić information content (AvgIpc) is 2.28. The van der Waals surface area contributed by atoms with Crippen molar-refractivity contribution < 1.29 is 0 Å². The van der Waals surface area contributed by atoms with Crippen molar-refractivity contribution in [2.24, 2.45) is 0 Å². The number of hydrogen-bond donors (Lipinski definition) is 0. The van der Waals surface area contributed by atoms with E-state index < -0.39 is 9.12 Å². The largest absolute Gasteiger partial charge is 0.315 e. The smallest absolute Gasteiger partial charge is 0.190 e. The standard InChI is InChI=1S/C12H28N2Si/c1-6-11-12-15(13(7-2)8-3)14(9-4)10-5/h6,15H,1,7-12H2,2-5H3. The lowest BCUT2D eigenvalue weighted by atomic mass is 10.5. The van der Waals surface area contributed by atoms with Crippen LogP contribution >= 0.6 is 0 Å². The van der Waals surface area contributed by atoms with Crippen LogP contribution in [0.4, 0.5) is 0 Å². The Hall–Kier alpha value is -0.123. The lowest BCUT2D eigenvalue weighted by Gasteiger charge is -2.36. The first-order valence-electron chi connectivity index (χ1n) is 6.33. The summed E-state index contributed by atoms with van der Waals surface area (Å²) in [6.07, 6.45) is 3.23. The summed E-state index contributed by atoms with van der Waals surface area (Å²) < 4.78 is 5.35. The van der Waals surface area contributed by atoms with Gasteiger partial charge in [0.2, 0.25) is 0 Å². The van der Waals surface area contributed by atoms with Crippen molar-refractivity contribution in [2.75, 3.05) is 26.2 Å². The summed E-state index contributed by atoms with van der Waals surface area (Å²) in [6, 6.07) is 1.34. The topological polar surface area (TPSA) is 6.48 Å². The Morgan fingerprint density at radius 2 is 1.33 bits per heavy atom. The number of hydrogen-bond acceptors (Lipinski definition) is 2. The minimum absolute atomic E-state index is 0.886. The van der Waals surface area contributed by atoms with Gasteiger partial charge in [-0.3, -0.25) is 0 Å². The van der Waals surface area contributed by atoms with Gasteiger partial charge in [0.15, 0.2) is 9.12 Å². The van der Waals surface area contributed by atoms with Crippen molar-refractivity contribution in [2.45, 2.75) is 40.2 Å². The molecule has 0 aromatic carbocycles. The number of rotatable bonds is 9. The molecule has 0 N–H and O–H groups in total. The number of allylic oxidation sites excluding steroid dienone is 1.